The van der Waals surface area contributed by atoms with E-state index in [0.717, 1.165) is 44.3 Å². The first-order valence-corrected chi connectivity index (χ1v) is 13.6. The monoisotopic (exact) mass is 535 g/mol. The van der Waals surface area contributed by atoms with Crippen LogP contribution >= 0.6 is 0 Å². The number of unbranched alkanes of at least 4 members (excludes halogenated alkanes) is 2. The summed E-state index contributed by atoms with van der Waals surface area (Å²) in [4.78, 5) is 21.1. The van der Waals surface area contributed by atoms with Gasteiger partial charge in [-0.05, 0) is 68.6 Å². The van der Waals surface area contributed by atoms with Crippen LogP contribution in [0.2, 0.25) is 0 Å². The normalized spacial score (nSPS) is 21.5. The summed E-state index contributed by atoms with van der Waals surface area (Å²) in [6.07, 6.45) is 9.36. The summed E-state index contributed by atoms with van der Waals surface area (Å²) in [7, 11) is 1.36. The molecule has 2 aliphatic carbocycles. The van der Waals surface area contributed by atoms with Crippen LogP contribution < -0.4 is 10.5 Å². The number of carbonyl (C=O) groups excluding carboxylic acids is 1. The van der Waals surface area contributed by atoms with Crippen molar-refractivity contribution in [2.24, 2.45) is 11.7 Å². The summed E-state index contributed by atoms with van der Waals surface area (Å²) in [5.41, 5.74) is 10.3. The number of ether oxygens (including phenoxy) is 4. The molecule has 4 N–H and O–H groups in total. The highest BCUT2D eigenvalue weighted by atomic mass is 16.7. The molecule has 38 heavy (non-hydrogen) atoms. The third-order valence-electron chi connectivity index (χ3n) is 7.26. The van der Waals surface area contributed by atoms with Gasteiger partial charge >= 0.3 is 12.1 Å². The molecule has 2 aliphatic rings. The Balaban J connectivity index is 0.000000484. The number of hydrogen-bond donors (Lipinski definition) is 3. The molecule has 0 amide bonds. The topological polar surface area (TPSA) is 138 Å². The van der Waals surface area contributed by atoms with E-state index in [1.165, 1.54) is 36.7 Å². The number of aliphatic hydroxyl groups is 1. The predicted molar refractivity (Wildman–Crippen MR) is 144 cm³/mol. The molecule has 1 aromatic carbocycles. The number of methoxy groups -OCH3 is 1. The molecule has 214 valence electrons. The largest absolute Gasteiger partial charge is 0.505 e. The molecule has 9 heteroatoms. The Labute approximate surface area is 226 Å². The summed E-state index contributed by atoms with van der Waals surface area (Å²) in [5, 5.41) is 18.2. The summed E-state index contributed by atoms with van der Waals surface area (Å²) < 4.78 is 19.3. The second kappa shape index (κ2) is 16.4. The van der Waals surface area contributed by atoms with Crippen LogP contribution in [-0.4, -0.2) is 67.5 Å². The molecule has 0 heterocycles. The van der Waals surface area contributed by atoms with E-state index in [4.69, 9.17) is 20.3 Å². The average molecular weight is 536 g/mol. The fraction of sp³-hybridized carbons (Fsp3) is 0.655. The maximum absolute atomic E-state index is 11.4. The third-order valence-corrected chi connectivity index (χ3v) is 7.26. The van der Waals surface area contributed by atoms with Crippen molar-refractivity contribution in [2.45, 2.75) is 83.3 Å². The van der Waals surface area contributed by atoms with Crippen molar-refractivity contribution in [3.63, 3.8) is 0 Å². The van der Waals surface area contributed by atoms with Gasteiger partial charge in [-0.3, -0.25) is 0 Å². The van der Waals surface area contributed by atoms with Crippen molar-refractivity contribution in [2.75, 3.05) is 33.5 Å². The lowest BCUT2D eigenvalue weighted by Crippen LogP contribution is -2.50. The molecule has 3 unspecified atom stereocenters. The minimum absolute atomic E-state index is 0.0769. The first kappa shape index (κ1) is 31.6. The number of carboxylic acid groups (broad SMARTS) is 1. The minimum Gasteiger partial charge on any atom is -0.482 e. The van der Waals surface area contributed by atoms with Crippen molar-refractivity contribution in [1.82, 2.24) is 0 Å². The van der Waals surface area contributed by atoms with Gasteiger partial charge in [-0.25, -0.2) is 9.59 Å². The molecule has 3 rings (SSSR count). The lowest BCUT2D eigenvalue weighted by molar-refractivity contribution is -0.142. The molecular weight excluding hydrogens is 490 g/mol. The molecule has 0 saturated heterocycles. The average Bonchev–Trinajstić information content (AvgIpc) is 3.22. The van der Waals surface area contributed by atoms with Crippen LogP contribution in [0.4, 0.5) is 4.79 Å². The molecule has 1 saturated carbocycles. The number of hydrogen-bond acceptors (Lipinski definition) is 8. The van der Waals surface area contributed by atoms with Crippen molar-refractivity contribution in [3.8, 4) is 5.75 Å². The Morgan fingerprint density at radius 1 is 1.24 bits per heavy atom. The molecule has 1 fully saturated rings. The zero-order valence-corrected chi connectivity index (χ0v) is 23.1. The Hall–Kier alpha value is -2.62. The molecule has 9 nitrogen and oxygen atoms in total. The quantitative estimate of drug-likeness (QED) is 0.190. The van der Waals surface area contributed by atoms with Gasteiger partial charge in [0.15, 0.2) is 6.61 Å². The predicted octanol–water partition coefficient (Wildman–Crippen LogP) is 4.42. The molecule has 0 aliphatic heterocycles. The van der Waals surface area contributed by atoms with Crippen molar-refractivity contribution in [1.29, 1.82) is 0 Å². The number of aliphatic hydroxyl groups excluding tert-OH is 1. The lowest BCUT2D eigenvalue weighted by Gasteiger charge is -2.39. The minimum atomic E-state index is -1.25. The van der Waals surface area contributed by atoms with Gasteiger partial charge in [-0.1, -0.05) is 50.0 Å². The first-order valence-electron chi connectivity index (χ1n) is 13.6. The Kier molecular flexibility index (Phi) is 13.6. The maximum atomic E-state index is 11.4. The fourth-order valence-corrected chi connectivity index (χ4v) is 5.18. The van der Waals surface area contributed by atoms with Gasteiger partial charge in [0, 0.05) is 12.1 Å². The van der Waals surface area contributed by atoms with E-state index in [0.29, 0.717) is 25.6 Å². The number of carbonyl (C=O) groups is 2. The van der Waals surface area contributed by atoms with Crippen molar-refractivity contribution >= 4 is 12.1 Å². The fourth-order valence-electron chi connectivity index (χ4n) is 5.18. The van der Waals surface area contributed by atoms with E-state index in [1.807, 2.05) is 19.1 Å². The summed E-state index contributed by atoms with van der Waals surface area (Å²) in [6, 6.07) is 6.00. The standard InChI is InChI=1S/C24H35NO4.C5H10O4/c1-3-4-5-8-20(26)13-12-18-10-11-19-14-21-17(15-24(18,19)25)7-6-9-22(21)29-16-23(27)28-2;1-2-8-3-4-9-5(6)7/h6-7,9,12,19-20,26H,3-5,8,10-11,13-16,25H2,1-2H3;2-4H2,1H3,(H,6,7)/b18-12+;. The van der Waals surface area contributed by atoms with Crippen LogP contribution in [0.3, 0.4) is 0 Å². The van der Waals surface area contributed by atoms with Crippen LogP contribution in [0.25, 0.3) is 0 Å². The van der Waals surface area contributed by atoms with Gasteiger partial charge in [0.2, 0.25) is 0 Å². The van der Waals surface area contributed by atoms with Crippen LogP contribution in [0.15, 0.2) is 29.8 Å². The van der Waals surface area contributed by atoms with Crippen LogP contribution in [0, 0.1) is 5.92 Å². The van der Waals surface area contributed by atoms with Crippen LogP contribution in [-0.2, 0) is 31.8 Å². The molecule has 0 radical (unpaired) electrons. The molecule has 3 atom stereocenters. The summed E-state index contributed by atoms with van der Waals surface area (Å²) >= 11 is 0. The molecule has 0 aromatic heterocycles. The Bertz CT molecular complexity index is 918. The molecule has 0 spiro atoms. The highest BCUT2D eigenvalue weighted by Gasteiger charge is 2.46. The van der Waals surface area contributed by atoms with Gasteiger partial charge < -0.3 is 34.9 Å². The molecule has 0 bridgehead atoms. The van der Waals surface area contributed by atoms with Crippen molar-refractivity contribution < 1.29 is 38.7 Å². The lowest BCUT2D eigenvalue weighted by atomic mass is 9.71. The van der Waals surface area contributed by atoms with Crippen molar-refractivity contribution in [3.05, 3.63) is 41.0 Å². The zero-order valence-electron chi connectivity index (χ0n) is 23.1. The Morgan fingerprint density at radius 3 is 2.71 bits per heavy atom. The number of nitrogens with two attached hydrogens (primary N) is 1. The van der Waals surface area contributed by atoms with E-state index in [2.05, 4.69) is 28.5 Å². The van der Waals surface area contributed by atoms with E-state index >= 15 is 0 Å². The Morgan fingerprint density at radius 2 is 2.03 bits per heavy atom. The zero-order chi connectivity index (χ0) is 28.0. The summed E-state index contributed by atoms with van der Waals surface area (Å²) in [5.74, 6) is 0.746. The second-order valence-corrected chi connectivity index (χ2v) is 9.84. The van der Waals surface area contributed by atoms with Crippen LogP contribution in [0.1, 0.15) is 69.9 Å². The smallest absolute Gasteiger partial charge is 0.482 e. The van der Waals surface area contributed by atoms with E-state index in [-0.39, 0.29) is 30.8 Å². The number of fused-ring (bicyclic) bond motifs is 2. The van der Waals surface area contributed by atoms with Crippen LogP contribution in [0.5, 0.6) is 5.75 Å². The number of esters is 1. The van der Waals surface area contributed by atoms with E-state index < -0.39 is 6.16 Å². The molecular formula is C29H45NO8. The SMILES string of the molecule is CCCCCC(O)C/C=C1\CCC2Cc3c(cccc3OCC(=O)OC)CC12N.CCOCCOC(=O)O. The maximum Gasteiger partial charge on any atom is 0.505 e. The summed E-state index contributed by atoms with van der Waals surface area (Å²) in [6.45, 7) is 4.97. The van der Waals surface area contributed by atoms with Gasteiger partial charge in [-0.15, -0.1) is 0 Å². The molecule has 1 aromatic rings. The van der Waals surface area contributed by atoms with Gasteiger partial charge in [0.1, 0.15) is 12.4 Å². The van der Waals surface area contributed by atoms with Gasteiger partial charge in [0.05, 0.1) is 19.8 Å². The second-order valence-electron chi connectivity index (χ2n) is 9.84. The highest BCUT2D eigenvalue weighted by molar-refractivity contribution is 5.71. The van der Waals surface area contributed by atoms with E-state index in [1.54, 1.807) is 0 Å². The first-order chi connectivity index (χ1) is 18.2. The van der Waals surface area contributed by atoms with Gasteiger partial charge in [0.25, 0.3) is 0 Å². The highest BCUT2D eigenvalue weighted by Crippen LogP contribution is 2.48. The van der Waals surface area contributed by atoms with Gasteiger partial charge in [-0.2, -0.15) is 0 Å². The van der Waals surface area contributed by atoms with E-state index in [9.17, 15) is 14.7 Å². The number of benzene rings is 1. The number of rotatable bonds is 13. The third kappa shape index (κ3) is 9.60.